The molecule has 3 saturated heterocycles. The SMILES string of the molecule is Cc1oc(C(=O)N2CCC(C(=O)N3CCN(C)CC3)CC2)cc1S(=O)(=O)N1CCCC1. The zero-order chi connectivity index (χ0) is 22.2. The van der Waals surface area contributed by atoms with Crippen LogP contribution in [0.4, 0.5) is 0 Å². The van der Waals surface area contributed by atoms with Gasteiger partial charge in [-0.05, 0) is 39.7 Å². The number of nitrogens with zero attached hydrogens (tertiary/aromatic N) is 4. The van der Waals surface area contributed by atoms with Crippen molar-refractivity contribution in [3.8, 4) is 0 Å². The normalized spacial score (nSPS) is 22.3. The number of carbonyl (C=O) groups is 2. The van der Waals surface area contributed by atoms with Gasteiger partial charge in [-0.2, -0.15) is 4.31 Å². The van der Waals surface area contributed by atoms with Crippen molar-refractivity contribution in [3.63, 3.8) is 0 Å². The molecule has 0 N–H and O–H groups in total. The first-order chi connectivity index (χ1) is 14.8. The number of amides is 2. The molecule has 0 spiro atoms. The van der Waals surface area contributed by atoms with Gasteiger partial charge in [-0.1, -0.05) is 0 Å². The molecule has 9 nitrogen and oxygen atoms in total. The number of likely N-dealkylation sites (tertiary alicyclic amines) is 1. The Hall–Kier alpha value is -1.91. The predicted octanol–water partition coefficient (Wildman–Crippen LogP) is 0.999. The number of hydrogen-bond donors (Lipinski definition) is 0. The molecule has 3 aliphatic heterocycles. The van der Waals surface area contributed by atoms with E-state index in [0.717, 1.165) is 39.0 Å². The molecule has 3 aliphatic rings. The lowest BCUT2D eigenvalue weighted by molar-refractivity contribution is -0.138. The third-order valence-electron chi connectivity index (χ3n) is 6.71. The molecule has 0 atom stereocenters. The Morgan fingerprint density at radius 2 is 1.55 bits per heavy atom. The van der Waals surface area contributed by atoms with Crippen LogP contribution in [0.1, 0.15) is 42.0 Å². The fourth-order valence-electron chi connectivity index (χ4n) is 4.66. The lowest BCUT2D eigenvalue weighted by atomic mass is 9.94. The molecule has 0 bridgehead atoms. The van der Waals surface area contributed by atoms with E-state index in [1.807, 2.05) is 4.90 Å². The molecule has 172 valence electrons. The Morgan fingerprint density at radius 1 is 0.935 bits per heavy atom. The average Bonchev–Trinajstić information content (AvgIpc) is 3.44. The van der Waals surface area contributed by atoms with Crippen LogP contribution in [0.3, 0.4) is 0 Å². The summed E-state index contributed by atoms with van der Waals surface area (Å²) in [6.07, 6.45) is 2.94. The van der Waals surface area contributed by atoms with Gasteiger partial charge in [-0.15, -0.1) is 0 Å². The minimum Gasteiger partial charge on any atom is -0.455 e. The number of hydrogen-bond acceptors (Lipinski definition) is 6. The molecule has 3 fully saturated rings. The van der Waals surface area contributed by atoms with Crippen molar-refractivity contribution in [1.29, 1.82) is 0 Å². The van der Waals surface area contributed by atoms with E-state index in [1.165, 1.54) is 10.4 Å². The van der Waals surface area contributed by atoms with Gasteiger partial charge in [0.15, 0.2) is 5.76 Å². The van der Waals surface area contributed by atoms with Gasteiger partial charge in [-0.25, -0.2) is 8.42 Å². The quantitative estimate of drug-likeness (QED) is 0.677. The minimum absolute atomic E-state index is 0.0547. The molecule has 0 saturated carbocycles. The standard InChI is InChI=1S/C21H32N4O5S/c1-16-19(31(28,29)25-7-3-4-8-25)15-18(30-16)21(27)23-9-5-17(6-10-23)20(26)24-13-11-22(2)12-14-24/h15,17H,3-14H2,1-2H3. The highest BCUT2D eigenvalue weighted by atomic mass is 32.2. The Bertz CT molecular complexity index is 922. The van der Waals surface area contributed by atoms with Gasteiger partial charge in [0, 0.05) is 64.3 Å². The summed E-state index contributed by atoms with van der Waals surface area (Å²) in [4.78, 5) is 31.7. The molecule has 10 heteroatoms. The van der Waals surface area contributed by atoms with E-state index in [1.54, 1.807) is 11.8 Å². The minimum atomic E-state index is -3.63. The average molecular weight is 453 g/mol. The molecule has 0 radical (unpaired) electrons. The number of likely N-dealkylation sites (N-methyl/N-ethyl adjacent to an activating group) is 1. The largest absolute Gasteiger partial charge is 0.455 e. The second-order valence-corrected chi connectivity index (χ2v) is 10.7. The van der Waals surface area contributed by atoms with E-state index >= 15 is 0 Å². The Labute approximate surface area is 184 Å². The molecular weight excluding hydrogens is 420 g/mol. The van der Waals surface area contributed by atoms with Crippen LogP contribution in [0.15, 0.2) is 15.4 Å². The maximum absolute atomic E-state index is 13.0. The smallest absolute Gasteiger partial charge is 0.289 e. The number of carbonyl (C=O) groups excluding carboxylic acids is 2. The molecule has 4 heterocycles. The van der Waals surface area contributed by atoms with Crippen LogP contribution in [0.2, 0.25) is 0 Å². The van der Waals surface area contributed by atoms with Crippen LogP contribution < -0.4 is 0 Å². The number of piperazine rings is 1. The first-order valence-electron chi connectivity index (χ1n) is 11.1. The van der Waals surface area contributed by atoms with Gasteiger partial charge in [0.2, 0.25) is 15.9 Å². The van der Waals surface area contributed by atoms with Gasteiger partial charge < -0.3 is 19.1 Å². The van der Waals surface area contributed by atoms with Gasteiger partial charge in [0.05, 0.1) is 0 Å². The summed E-state index contributed by atoms with van der Waals surface area (Å²) in [5, 5.41) is 0. The summed E-state index contributed by atoms with van der Waals surface area (Å²) in [7, 11) is -1.57. The topological polar surface area (TPSA) is 94.4 Å². The molecule has 31 heavy (non-hydrogen) atoms. The van der Waals surface area contributed by atoms with Crippen LogP contribution in [0.25, 0.3) is 0 Å². The van der Waals surface area contributed by atoms with Crippen molar-refractivity contribution in [1.82, 2.24) is 19.0 Å². The Morgan fingerprint density at radius 3 is 2.16 bits per heavy atom. The number of sulfonamides is 1. The summed E-state index contributed by atoms with van der Waals surface area (Å²) in [6.45, 7) is 6.83. The number of rotatable bonds is 4. The first-order valence-corrected chi connectivity index (χ1v) is 12.6. The third-order valence-corrected chi connectivity index (χ3v) is 8.72. The second-order valence-electron chi connectivity index (χ2n) is 8.84. The maximum Gasteiger partial charge on any atom is 0.289 e. The summed E-state index contributed by atoms with van der Waals surface area (Å²) in [5.41, 5.74) is 0. The predicted molar refractivity (Wildman–Crippen MR) is 114 cm³/mol. The van der Waals surface area contributed by atoms with E-state index in [2.05, 4.69) is 11.9 Å². The zero-order valence-corrected chi connectivity index (χ0v) is 19.2. The van der Waals surface area contributed by atoms with Gasteiger partial charge >= 0.3 is 0 Å². The van der Waals surface area contributed by atoms with E-state index in [-0.39, 0.29) is 34.1 Å². The molecule has 2 amide bonds. The number of piperidine rings is 1. The number of furan rings is 1. The Balaban J connectivity index is 1.37. The van der Waals surface area contributed by atoms with Crippen molar-refractivity contribution in [2.75, 3.05) is 59.4 Å². The molecule has 0 aliphatic carbocycles. The lowest BCUT2D eigenvalue weighted by Gasteiger charge is -2.37. The lowest BCUT2D eigenvalue weighted by Crippen LogP contribution is -2.51. The molecular formula is C21H32N4O5S. The van der Waals surface area contributed by atoms with Crippen molar-refractivity contribution >= 4 is 21.8 Å². The molecule has 4 rings (SSSR count). The van der Waals surface area contributed by atoms with Crippen molar-refractivity contribution in [2.24, 2.45) is 5.92 Å². The fraction of sp³-hybridized carbons (Fsp3) is 0.714. The van der Waals surface area contributed by atoms with Gasteiger partial charge in [0.1, 0.15) is 10.7 Å². The Kier molecular flexibility index (Phi) is 6.41. The summed E-state index contributed by atoms with van der Waals surface area (Å²) >= 11 is 0. The molecule has 1 aromatic rings. The second kappa shape index (κ2) is 8.91. The highest BCUT2D eigenvalue weighted by Crippen LogP contribution is 2.28. The third kappa shape index (κ3) is 4.51. The summed E-state index contributed by atoms with van der Waals surface area (Å²) in [6, 6.07) is 1.37. The van der Waals surface area contributed by atoms with Crippen molar-refractivity contribution in [3.05, 3.63) is 17.6 Å². The zero-order valence-electron chi connectivity index (χ0n) is 18.4. The molecule has 0 aromatic carbocycles. The van der Waals surface area contributed by atoms with Crippen LogP contribution in [-0.2, 0) is 14.8 Å². The van der Waals surface area contributed by atoms with Crippen LogP contribution in [0, 0.1) is 12.8 Å². The highest BCUT2D eigenvalue weighted by molar-refractivity contribution is 7.89. The highest BCUT2D eigenvalue weighted by Gasteiger charge is 2.35. The van der Waals surface area contributed by atoms with Crippen molar-refractivity contribution in [2.45, 2.75) is 37.5 Å². The van der Waals surface area contributed by atoms with E-state index < -0.39 is 10.0 Å². The molecule has 0 unspecified atom stereocenters. The van der Waals surface area contributed by atoms with E-state index in [0.29, 0.717) is 39.0 Å². The van der Waals surface area contributed by atoms with Crippen LogP contribution in [-0.4, -0.2) is 98.6 Å². The fourth-order valence-corrected chi connectivity index (χ4v) is 6.34. The van der Waals surface area contributed by atoms with Crippen molar-refractivity contribution < 1.29 is 22.4 Å². The van der Waals surface area contributed by atoms with Gasteiger partial charge in [0.25, 0.3) is 5.91 Å². The van der Waals surface area contributed by atoms with E-state index in [4.69, 9.17) is 4.42 Å². The van der Waals surface area contributed by atoms with E-state index in [9.17, 15) is 18.0 Å². The first kappa shape index (κ1) is 22.3. The van der Waals surface area contributed by atoms with Crippen LogP contribution in [0.5, 0.6) is 0 Å². The maximum atomic E-state index is 13.0. The number of aryl methyl sites for hydroxylation is 1. The monoisotopic (exact) mass is 452 g/mol. The summed E-state index contributed by atoms with van der Waals surface area (Å²) in [5.74, 6) is 0.121. The van der Waals surface area contributed by atoms with Gasteiger partial charge in [-0.3, -0.25) is 9.59 Å². The molecule has 1 aromatic heterocycles. The summed E-state index contributed by atoms with van der Waals surface area (Å²) < 4.78 is 32.7. The van der Waals surface area contributed by atoms with Crippen LogP contribution >= 0.6 is 0 Å².